The maximum Gasteiger partial charge on any atom is 0.264 e. The van der Waals surface area contributed by atoms with Gasteiger partial charge in [0.25, 0.3) is 6.43 Å². The molecule has 0 aromatic heterocycles. The van der Waals surface area contributed by atoms with Crippen LogP contribution in [0.15, 0.2) is 18.2 Å². The van der Waals surface area contributed by atoms with Crippen LogP contribution in [0.25, 0.3) is 0 Å². The van der Waals surface area contributed by atoms with Gasteiger partial charge in [-0.1, -0.05) is 28.1 Å². The molecule has 0 fully saturated rings. The standard InChI is InChI=1S/C11H10BrClF2O/c1-6(16)10(13)8-3-2-7(5-12)4-9(8)11(14)15/h2-4,10-11H,5H2,1H3. The number of carbonyl (C=O) groups is 1. The van der Waals surface area contributed by atoms with Crippen molar-refractivity contribution in [2.75, 3.05) is 0 Å². The fraction of sp³-hybridized carbons (Fsp3) is 0.364. The maximum absolute atomic E-state index is 12.8. The average molecular weight is 312 g/mol. The number of ketones is 1. The average Bonchev–Trinajstić information content (AvgIpc) is 2.26. The van der Waals surface area contributed by atoms with Crippen LogP contribution in [0, 0.1) is 0 Å². The largest absolute Gasteiger partial charge is 0.298 e. The number of rotatable bonds is 4. The van der Waals surface area contributed by atoms with Crippen LogP contribution >= 0.6 is 27.5 Å². The van der Waals surface area contributed by atoms with Gasteiger partial charge < -0.3 is 0 Å². The maximum atomic E-state index is 12.8. The van der Waals surface area contributed by atoms with E-state index in [-0.39, 0.29) is 16.9 Å². The zero-order valence-corrected chi connectivity index (χ0v) is 10.9. The van der Waals surface area contributed by atoms with Gasteiger partial charge in [-0.15, -0.1) is 11.6 Å². The molecule has 0 aliphatic heterocycles. The first-order chi connectivity index (χ1) is 7.47. The first-order valence-corrected chi connectivity index (χ1v) is 6.14. The lowest BCUT2D eigenvalue weighted by Gasteiger charge is -2.13. The third kappa shape index (κ3) is 3.01. The number of alkyl halides is 4. The smallest absolute Gasteiger partial charge is 0.264 e. The molecule has 1 unspecified atom stereocenters. The topological polar surface area (TPSA) is 17.1 Å². The van der Waals surface area contributed by atoms with E-state index < -0.39 is 11.8 Å². The van der Waals surface area contributed by atoms with Crippen molar-refractivity contribution < 1.29 is 13.6 Å². The highest BCUT2D eigenvalue weighted by atomic mass is 79.9. The Morgan fingerprint density at radius 2 is 2.06 bits per heavy atom. The normalized spacial score (nSPS) is 12.9. The number of hydrogen-bond acceptors (Lipinski definition) is 1. The molecule has 0 radical (unpaired) electrons. The minimum Gasteiger partial charge on any atom is -0.298 e. The zero-order valence-electron chi connectivity index (χ0n) is 8.51. The number of halogens is 4. The SMILES string of the molecule is CC(=O)C(Cl)c1ccc(CBr)cc1C(F)F. The van der Waals surface area contributed by atoms with E-state index in [1.54, 1.807) is 6.07 Å². The number of Topliss-reactive ketones (excluding diaryl/α,β-unsaturated/α-hetero) is 1. The van der Waals surface area contributed by atoms with Crippen molar-refractivity contribution in [3.8, 4) is 0 Å². The molecule has 0 amide bonds. The van der Waals surface area contributed by atoms with Crippen molar-refractivity contribution in [1.29, 1.82) is 0 Å². The van der Waals surface area contributed by atoms with Gasteiger partial charge >= 0.3 is 0 Å². The number of carbonyl (C=O) groups excluding carboxylic acids is 1. The van der Waals surface area contributed by atoms with Crippen LogP contribution in [0.3, 0.4) is 0 Å². The second-order valence-electron chi connectivity index (χ2n) is 3.37. The molecule has 88 valence electrons. The van der Waals surface area contributed by atoms with Gasteiger partial charge in [0, 0.05) is 10.9 Å². The molecule has 0 spiro atoms. The Morgan fingerprint density at radius 3 is 2.50 bits per heavy atom. The van der Waals surface area contributed by atoms with Gasteiger partial charge in [0.15, 0.2) is 5.78 Å². The molecule has 1 aromatic rings. The monoisotopic (exact) mass is 310 g/mol. The summed E-state index contributed by atoms with van der Waals surface area (Å²) in [5.74, 6) is -0.338. The van der Waals surface area contributed by atoms with E-state index in [9.17, 15) is 13.6 Å². The lowest BCUT2D eigenvalue weighted by Crippen LogP contribution is -2.06. The summed E-state index contributed by atoms with van der Waals surface area (Å²) < 4.78 is 25.6. The molecule has 0 N–H and O–H groups in total. The highest BCUT2D eigenvalue weighted by molar-refractivity contribution is 9.08. The minimum atomic E-state index is -2.63. The van der Waals surface area contributed by atoms with Crippen LogP contribution in [0.4, 0.5) is 8.78 Å². The number of hydrogen-bond donors (Lipinski definition) is 0. The minimum absolute atomic E-state index is 0.174. The van der Waals surface area contributed by atoms with Crippen molar-refractivity contribution in [2.24, 2.45) is 0 Å². The highest BCUT2D eigenvalue weighted by Crippen LogP contribution is 2.32. The quantitative estimate of drug-likeness (QED) is 0.754. The molecule has 1 rings (SSSR count). The molecular weight excluding hydrogens is 301 g/mol. The van der Waals surface area contributed by atoms with Gasteiger partial charge in [0.1, 0.15) is 5.38 Å². The molecule has 0 saturated carbocycles. The fourth-order valence-corrected chi connectivity index (χ4v) is 1.89. The summed E-state index contributed by atoms with van der Waals surface area (Å²) in [5, 5.41) is -0.520. The summed E-state index contributed by atoms with van der Waals surface area (Å²) in [6, 6.07) is 4.53. The lowest BCUT2D eigenvalue weighted by atomic mass is 10.0. The molecule has 0 heterocycles. The Balaban J connectivity index is 3.22. The van der Waals surface area contributed by atoms with Gasteiger partial charge in [-0.3, -0.25) is 4.79 Å². The summed E-state index contributed by atoms with van der Waals surface area (Å²) in [6.45, 7) is 1.28. The van der Waals surface area contributed by atoms with Gasteiger partial charge in [-0.25, -0.2) is 8.78 Å². The second kappa shape index (κ2) is 5.73. The highest BCUT2D eigenvalue weighted by Gasteiger charge is 2.21. The van der Waals surface area contributed by atoms with Gasteiger partial charge in [0.05, 0.1) is 0 Å². The van der Waals surface area contributed by atoms with Crippen LogP contribution < -0.4 is 0 Å². The summed E-state index contributed by atoms with van der Waals surface area (Å²) >= 11 is 8.98. The van der Waals surface area contributed by atoms with Crippen molar-refractivity contribution >= 4 is 33.3 Å². The van der Waals surface area contributed by atoms with Crippen LogP contribution in [0.5, 0.6) is 0 Å². The fourth-order valence-electron chi connectivity index (χ4n) is 1.35. The lowest BCUT2D eigenvalue weighted by molar-refractivity contribution is -0.116. The number of benzene rings is 1. The van der Waals surface area contributed by atoms with E-state index in [0.29, 0.717) is 5.33 Å². The van der Waals surface area contributed by atoms with E-state index in [2.05, 4.69) is 15.9 Å². The Hall–Kier alpha value is -0.480. The van der Waals surface area contributed by atoms with Gasteiger partial charge in [-0.2, -0.15) is 0 Å². The Kier molecular flexibility index (Phi) is 4.87. The summed E-state index contributed by atoms with van der Waals surface area (Å²) in [6.07, 6.45) is -2.63. The molecule has 0 saturated heterocycles. The summed E-state index contributed by atoms with van der Waals surface area (Å²) in [7, 11) is 0. The van der Waals surface area contributed by atoms with Crippen LogP contribution in [-0.2, 0) is 10.1 Å². The third-order valence-corrected chi connectivity index (χ3v) is 3.36. The molecule has 5 heteroatoms. The van der Waals surface area contributed by atoms with Crippen molar-refractivity contribution in [3.05, 3.63) is 34.9 Å². The zero-order chi connectivity index (χ0) is 12.3. The first-order valence-electron chi connectivity index (χ1n) is 4.58. The van der Waals surface area contributed by atoms with E-state index in [1.165, 1.54) is 19.1 Å². The predicted octanol–water partition coefficient (Wildman–Crippen LogP) is 4.39. The van der Waals surface area contributed by atoms with Crippen LogP contribution in [0.2, 0.25) is 0 Å². The summed E-state index contributed by atoms with van der Waals surface area (Å²) in [5.41, 5.74) is 0.743. The molecule has 0 bridgehead atoms. The van der Waals surface area contributed by atoms with E-state index in [4.69, 9.17) is 11.6 Å². The van der Waals surface area contributed by atoms with E-state index in [0.717, 1.165) is 5.56 Å². The Bertz CT molecular complexity index is 396. The molecule has 1 atom stereocenters. The Morgan fingerprint density at radius 1 is 1.44 bits per heavy atom. The summed E-state index contributed by atoms with van der Waals surface area (Å²) in [4.78, 5) is 11.1. The van der Waals surface area contributed by atoms with E-state index >= 15 is 0 Å². The molecule has 0 aliphatic rings. The molecule has 1 nitrogen and oxygen atoms in total. The predicted molar refractivity (Wildman–Crippen MR) is 63.3 cm³/mol. The van der Waals surface area contributed by atoms with Crippen molar-refractivity contribution in [1.82, 2.24) is 0 Å². The Labute approximate surface area is 106 Å². The molecule has 1 aromatic carbocycles. The second-order valence-corrected chi connectivity index (χ2v) is 4.37. The van der Waals surface area contributed by atoms with Crippen LogP contribution in [-0.4, -0.2) is 5.78 Å². The first kappa shape index (κ1) is 13.6. The van der Waals surface area contributed by atoms with Crippen LogP contribution in [0.1, 0.15) is 35.4 Å². The third-order valence-electron chi connectivity index (χ3n) is 2.17. The molecular formula is C11H10BrClF2O. The molecule has 16 heavy (non-hydrogen) atoms. The van der Waals surface area contributed by atoms with E-state index in [1.807, 2.05) is 0 Å². The van der Waals surface area contributed by atoms with Gasteiger partial charge in [0.2, 0.25) is 0 Å². The van der Waals surface area contributed by atoms with Crippen molar-refractivity contribution in [2.45, 2.75) is 24.1 Å². The molecule has 0 aliphatic carbocycles. The van der Waals surface area contributed by atoms with Gasteiger partial charge in [-0.05, 0) is 24.1 Å². The van der Waals surface area contributed by atoms with Crippen molar-refractivity contribution in [3.63, 3.8) is 0 Å².